The fraction of sp³-hybridized carbons (Fsp3) is 0.562. The van der Waals surface area contributed by atoms with Gasteiger partial charge in [-0.3, -0.25) is 4.79 Å². The van der Waals surface area contributed by atoms with Crippen molar-refractivity contribution in [3.05, 3.63) is 35.4 Å². The lowest BCUT2D eigenvalue weighted by molar-refractivity contribution is -0.121. The van der Waals surface area contributed by atoms with Crippen LogP contribution in [0.1, 0.15) is 37.3 Å². The molecule has 124 valence electrons. The van der Waals surface area contributed by atoms with Gasteiger partial charge in [0.2, 0.25) is 15.9 Å². The largest absolute Gasteiger partial charge is 0.355 e. The molecule has 0 saturated carbocycles. The molecule has 0 aliphatic carbocycles. The lowest BCUT2D eigenvalue weighted by Gasteiger charge is -2.20. The third kappa shape index (κ3) is 6.58. The van der Waals surface area contributed by atoms with E-state index in [4.69, 9.17) is 0 Å². The predicted molar refractivity (Wildman–Crippen MR) is 89.0 cm³/mol. The van der Waals surface area contributed by atoms with E-state index >= 15 is 0 Å². The Morgan fingerprint density at radius 1 is 1.23 bits per heavy atom. The number of amides is 1. The van der Waals surface area contributed by atoms with Crippen LogP contribution >= 0.6 is 0 Å². The van der Waals surface area contributed by atoms with E-state index in [1.54, 1.807) is 0 Å². The van der Waals surface area contributed by atoms with E-state index < -0.39 is 10.0 Å². The molecule has 0 heterocycles. The number of nitrogens with zero attached hydrogens (tertiary/aromatic N) is 1. The summed E-state index contributed by atoms with van der Waals surface area (Å²) in [5, 5.41) is 2.78. The molecule has 6 heteroatoms. The van der Waals surface area contributed by atoms with Crippen LogP contribution in [0.5, 0.6) is 0 Å². The van der Waals surface area contributed by atoms with E-state index in [-0.39, 0.29) is 19.0 Å². The number of nitrogens with one attached hydrogen (secondary N) is 1. The molecule has 1 aromatic carbocycles. The van der Waals surface area contributed by atoms with Crippen molar-refractivity contribution in [1.29, 1.82) is 0 Å². The minimum absolute atomic E-state index is 0.140. The number of aryl methyl sites for hydroxylation is 1. The molecule has 0 aliphatic heterocycles. The summed E-state index contributed by atoms with van der Waals surface area (Å²) >= 11 is 0. The van der Waals surface area contributed by atoms with Gasteiger partial charge in [0.1, 0.15) is 0 Å². The first-order valence-electron chi connectivity index (χ1n) is 7.61. The molecular formula is C16H26N2O3S. The Morgan fingerprint density at radius 2 is 1.91 bits per heavy atom. The van der Waals surface area contributed by atoms with Crippen LogP contribution in [-0.4, -0.2) is 38.0 Å². The van der Waals surface area contributed by atoms with Crippen LogP contribution in [0.2, 0.25) is 0 Å². The van der Waals surface area contributed by atoms with Crippen LogP contribution in [-0.2, 0) is 21.4 Å². The molecule has 1 amide bonds. The van der Waals surface area contributed by atoms with Crippen LogP contribution in [0.25, 0.3) is 0 Å². The lowest BCUT2D eigenvalue weighted by Crippen LogP contribution is -2.40. The molecule has 22 heavy (non-hydrogen) atoms. The molecular weight excluding hydrogens is 300 g/mol. The fourth-order valence-electron chi connectivity index (χ4n) is 2.09. The van der Waals surface area contributed by atoms with Crippen molar-refractivity contribution in [1.82, 2.24) is 9.62 Å². The number of carbonyl (C=O) groups is 1. The maximum atomic E-state index is 11.9. The van der Waals surface area contributed by atoms with Gasteiger partial charge in [-0.1, -0.05) is 44.0 Å². The summed E-state index contributed by atoms with van der Waals surface area (Å²) in [6, 6.07) is 7.59. The van der Waals surface area contributed by atoms with Gasteiger partial charge >= 0.3 is 0 Å². The highest BCUT2D eigenvalue weighted by atomic mass is 32.2. The first-order chi connectivity index (χ1) is 10.3. The second kappa shape index (κ2) is 8.90. The quantitative estimate of drug-likeness (QED) is 0.706. The van der Waals surface area contributed by atoms with Crippen LogP contribution in [0, 0.1) is 6.92 Å². The van der Waals surface area contributed by atoms with Gasteiger partial charge in [-0.15, -0.1) is 0 Å². The minimum Gasteiger partial charge on any atom is -0.355 e. The van der Waals surface area contributed by atoms with E-state index in [0.29, 0.717) is 6.54 Å². The highest BCUT2D eigenvalue weighted by Crippen LogP contribution is 2.12. The number of hydrogen-bond donors (Lipinski definition) is 1. The van der Waals surface area contributed by atoms with Gasteiger partial charge in [-0.2, -0.15) is 4.31 Å². The van der Waals surface area contributed by atoms with Gasteiger partial charge in [0.15, 0.2) is 0 Å². The summed E-state index contributed by atoms with van der Waals surface area (Å²) in [7, 11) is -3.44. The van der Waals surface area contributed by atoms with Gasteiger partial charge < -0.3 is 5.32 Å². The second-order valence-corrected chi connectivity index (χ2v) is 7.50. The van der Waals surface area contributed by atoms with Crippen molar-refractivity contribution in [2.45, 2.75) is 39.7 Å². The SMILES string of the molecule is CCCCCNC(=O)CN(Cc1ccccc1C)S(C)(=O)=O. The standard InChI is InChI=1S/C16H26N2O3S/c1-4-5-8-11-17-16(19)13-18(22(3,20)21)12-15-10-7-6-9-14(15)2/h6-7,9-10H,4-5,8,11-13H2,1-3H3,(H,17,19). The maximum Gasteiger partial charge on any atom is 0.235 e. The van der Waals surface area contributed by atoms with E-state index in [0.717, 1.165) is 36.6 Å². The topological polar surface area (TPSA) is 66.5 Å². The summed E-state index contributed by atoms with van der Waals surface area (Å²) in [5.74, 6) is -0.255. The normalized spacial score (nSPS) is 11.6. The summed E-state index contributed by atoms with van der Waals surface area (Å²) in [4.78, 5) is 11.9. The third-order valence-electron chi connectivity index (χ3n) is 3.50. The van der Waals surface area contributed by atoms with Gasteiger partial charge in [-0.25, -0.2) is 8.42 Å². The van der Waals surface area contributed by atoms with Gasteiger partial charge in [0, 0.05) is 13.1 Å². The Kier molecular flexibility index (Phi) is 7.55. The Labute approximate surface area is 133 Å². The average Bonchev–Trinajstić information content (AvgIpc) is 2.44. The van der Waals surface area contributed by atoms with Gasteiger partial charge in [0.05, 0.1) is 12.8 Å². The molecule has 0 aromatic heterocycles. The van der Waals surface area contributed by atoms with E-state index in [1.807, 2.05) is 31.2 Å². The molecule has 1 aromatic rings. The minimum atomic E-state index is -3.44. The third-order valence-corrected chi connectivity index (χ3v) is 4.70. The Bertz CT molecular complexity index is 585. The predicted octanol–water partition coefficient (Wildman–Crippen LogP) is 2.06. The number of unbranched alkanes of at least 4 members (excludes halogenated alkanes) is 2. The molecule has 0 atom stereocenters. The van der Waals surface area contributed by atoms with E-state index in [1.165, 1.54) is 4.31 Å². The first-order valence-corrected chi connectivity index (χ1v) is 9.45. The van der Waals surface area contributed by atoms with Crippen LogP contribution in [0.3, 0.4) is 0 Å². The smallest absolute Gasteiger partial charge is 0.235 e. The molecule has 0 bridgehead atoms. The van der Waals surface area contributed by atoms with E-state index in [9.17, 15) is 13.2 Å². The van der Waals surface area contributed by atoms with Crippen LogP contribution in [0.4, 0.5) is 0 Å². The van der Waals surface area contributed by atoms with Crippen molar-refractivity contribution in [2.75, 3.05) is 19.3 Å². The Morgan fingerprint density at radius 3 is 2.50 bits per heavy atom. The zero-order chi connectivity index (χ0) is 16.6. The van der Waals surface area contributed by atoms with E-state index in [2.05, 4.69) is 12.2 Å². The summed E-state index contributed by atoms with van der Waals surface area (Å²) in [6.07, 6.45) is 4.19. The zero-order valence-electron chi connectivity index (χ0n) is 13.6. The number of carbonyl (C=O) groups excluding carboxylic acids is 1. The fourth-order valence-corrected chi connectivity index (χ4v) is 2.81. The maximum absolute atomic E-state index is 11.9. The second-order valence-electron chi connectivity index (χ2n) is 5.51. The summed E-state index contributed by atoms with van der Waals surface area (Å²) < 4.78 is 25.0. The number of benzene rings is 1. The Balaban J connectivity index is 2.66. The molecule has 5 nitrogen and oxygen atoms in total. The van der Waals surface area contributed by atoms with Crippen molar-refractivity contribution in [2.24, 2.45) is 0 Å². The number of sulfonamides is 1. The highest BCUT2D eigenvalue weighted by molar-refractivity contribution is 7.88. The van der Waals surface area contributed by atoms with Crippen molar-refractivity contribution < 1.29 is 13.2 Å². The monoisotopic (exact) mass is 326 g/mol. The average molecular weight is 326 g/mol. The van der Waals surface area contributed by atoms with Crippen LogP contribution < -0.4 is 5.32 Å². The van der Waals surface area contributed by atoms with Gasteiger partial charge in [0.25, 0.3) is 0 Å². The first kappa shape index (κ1) is 18.6. The highest BCUT2D eigenvalue weighted by Gasteiger charge is 2.20. The number of hydrogen-bond acceptors (Lipinski definition) is 3. The van der Waals surface area contributed by atoms with Gasteiger partial charge in [-0.05, 0) is 24.5 Å². The molecule has 0 unspecified atom stereocenters. The molecule has 0 spiro atoms. The molecule has 1 N–H and O–H groups in total. The van der Waals surface area contributed by atoms with Crippen LogP contribution in [0.15, 0.2) is 24.3 Å². The summed E-state index contributed by atoms with van der Waals surface area (Å²) in [5.41, 5.74) is 1.92. The Hall–Kier alpha value is -1.40. The molecule has 1 rings (SSSR count). The lowest BCUT2D eigenvalue weighted by atomic mass is 10.1. The van der Waals surface area contributed by atoms with Crippen molar-refractivity contribution in [3.8, 4) is 0 Å². The number of rotatable bonds is 9. The van der Waals surface area contributed by atoms with Crippen molar-refractivity contribution in [3.63, 3.8) is 0 Å². The molecule has 0 aliphatic rings. The molecule has 0 radical (unpaired) electrons. The summed E-state index contributed by atoms with van der Waals surface area (Å²) in [6.45, 7) is 4.69. The molecule has 0 saturated heterocycles. The van der Waals surface area contributed by atoms with Crippen molar-refractivity contribution >= 4 is 15.9 Å². The molecule has 0 fully saturated rings. The zero-order valence-corrected chi connectivity index (χ0v) is 14.4.